The third kappa shape index (κ3) is 5.00. The van der Waals surface area contributed by atoms with Gasteiger partial charge in [0.1, 0.15) is 11.4 Å². The fourth-order valence-corrected chi connectivity index (χ4v) is 2.96. The van der Waals surface area contributed by atoms with Gasteiger partial charge in [-0.05, 0) is 46.5 Å². The zero-order valence-corrected chi connectivity index (χ0v) is 13.8. The zero-order chi connectivity index (χ0) is 15.3. The number of carbonyl (C=O) groups excluding carboxylic acids is 1. The summed E-state index contributed by atoms with van der Waals surface area (Å²) in [5.74, 6) is 1.57. The number of aromatic amines is 1. The first-order valence-electron chi connectivity index (χ1n) is 7.50. The van der Waals surface area contributed by atoms with Crippen molar-refractivity contribution >= 4 is 17.7 Å². The molecule has 6 nitrogen and oxygen atoms in total. The van der Waals surface area contributed by atoms with Crippen LogP contribution in [0.25, 0.3) is 0 Å². The van der Waals surface area contributed by atoms with E-state index in [1.165, 1.54) is 0 Å². The lowest BCUT2D eigenvalue weighted by Crippen LogP contribution is -2.51. The topological polar surface area (TPSA) is 79.9 Å². The molecule has 1 aromatic rings. The maximum atomic E-state index is 12.2. The van der Waals surface area contributed by atoms with Crippen LogP contribution < -0.4 is 5.32 Å². The van der Waals surface area contributed by atoms with Gasteiger partial charge in [-0.25, -0.2) is 4.98 Å². The molecular formula is C14H24N4O2S. The van der Waals surface area contributed by atoms with Crippen molar-refractivity contribution in [3.05, 3.63) is 5.82 Å². The van der Waals surface area contributed by atoms with Crippen molar-refractivity contribution in [1.29, 1.82) is 0 Å². The number of rotatable bonds is 9. The Balaban J connectivity index is 1.79. The molecule has 21 heavy (non-hydrogen) atoms. The molecule has 0 bridgehead atoms. The van der Waals surface area contributed by atoms with Crippen LogP contribution in [0.3, 0.4) is 0 Å². The van der Waals surface area contributed by atoms with E-state index in [0.29, 0.717) is 12.6 Å². The molecule has 7 heteroatoms. The number of ether oxygens (including phenoxy) is 1. The minimum Gasteiger partial charge on any atom is -0.465 e. The van der Waals surface area contributed by atoms with Crippen LogP contribution in [0.15, 0.2) is 5.16 Å². The molecule has 1 saturated carbocycles. The molecule has 1 aromatic heterocycles. The van der Waals surface area contributed by atoms with E-state index in [9.17, 15) is 4.79 Å². The first-order chi connectivity index (χ1) is 10.0. The highest BCUT2D eigenvalue weighted by molar-refractivity contribution is 7.99. The smallest absolute Gasteiger partial charge is 0.326 e. The summed E-state index contributed by atoms with van der Waals surface area (Å²) >= 11 is 1.61. The molecule has 2 N–H and O–H groups in total. The summed E-state index contributed by atoms with van der Waals surface area (Å²) in [7, 11) is 0. The molecule has 1 aliphatic carbocycles. The molecule has 0 amide bonds. The van der Waals surface area contributed by atoms with Crippen molar-refractivity contribution in [2.45, 2.75) is 63.2 Å². The fourth-order valence-electron chi connectivity index (χ4n) is 2.18. The second-order valence-electron chi connectivity index (χ2n) is 5.63. The summed E-state index contributed by atoms with van der Waals surface area (Å²) in [6.45, 7) is 6.10. The molecule has 0 radical (unpaired) electrons. The molecule has 0 aliphatic heterocycles. The number of nitrogens with zero attached hydrogens (tertiary/aromatic N) is 2. The van der Waals surface area contributed by atoms with Gasteiger partial charge >= 0.3 is 5.97 Å². The average molecular weight is 312 g/mol. The van der Waals surface area contributed by atoms with Crippen molar-refractivity contribution in [3.63, 3.8) is 0 Å². The summed E-state index contributed by atoms with van der Waals surface area (Å²) in [6.07, 6.45) is 3.98. The molecule has 1 heterocycles. The molecule has 2 rings (SSSR count). The largest absolute Gasteiger partial charge is 0.465 e. The molecule has 1 aliphatic rings. The van der Waals surface area contributed by atoms with Crippen molar-refractivity contribution in [3.8, 4) is 0 Å². The lowest BCUT2D eigenvalue weighted by atomic mass is 9.96. The van der Waals surface area contributed by atoms with Crippen LogP contribution in [0.5, 0.6) is 0 Å². The number of thioether (sulfide) groups is 1. The summed E-state index contributed by atoms with van der Waals surface area (Å²) in [5.41, 5.74) is -0.577. The highest BCUT2D eigenvalue weighted by atomic mass is 32.2. The van der Waals surface area contributed by atoms with Crippen LogP contribution >= 0.6 is 11.8 Å². The second-order valence-corrected chi connectivity index (χ2v) is 6.69. The Labute approximate surface area is 129 Å². The second kappa shape index (κ2) is 7.26. The summed E-state index contributed by atoms with van der Waals surface area (Å²) in [6, 6.07) is 0.475. The van der Waals surface area contributed by atoms with Crippen molar-refractivity contribution in [1.82, 2.24) is 20.5 Å². The number of H-pyrrole nitrogens is 1. The van der Waals surface area contributed by atoms with Gasteiger partial charge in [-0.1, -0.05) is 11.8 Å². The molecule has 0 aromatic carbocycles. The fraction of sp³-hybridized carbons (Fsp3) is 0.786. The normalized spacial score (nSPS) is 17.5. The number of hydrogen-bond donors (Lipinski definition) is 2. The number of aromatic nitrogens is 3. The first-order valence-corrected chi connectivity index (χ1v) is 8.49. The van der Waals surface area contributed by atoms with E-state index in [0.717, 1.165) is 42.4 Å². The van der Waals surface area contributed by atoms with Crippen LogP contribution in [0.4, 0.5) is 0 Å². The maximum Gasteiger partial charge on any atom is 0.326 e. The van der Waals surface area contributed by atoms with Crippen molar-refractivity contribution in [2.24, 2.45) is 0 Å². The zero-order valence-electron chi connectivity index (χ0n) is 12.9. The number of hydrogen-bond acceptors (Lipinski definition) is 6. The van der Waals surface area contributed by atoms with Crippen LogP contribution in [0, 0.1) is 6.92 Å². The molecule has 1 unspecified atom stereocenters. The molecule has 0 saturated heterocycles. The van der Waals surface area contributed by atoms with Gasteiger partial charge in [0.25, 0.3) is 0 Å². The Morgan fingerprint density at radius 1 is 1.57 bits per heavy atom. The Morgan fingerprint density at radius 2 is 2.33 bits per heavy atom. The van der Waals surface area contributed by atoms with Crippen LogP contribution in [-0.4, -0.2) is 45.1 Å². The molecule has 1 atom stereocenters. The van der Waals surface area contributed by atoms with Gasteiger partial charge in [-0.3, -0.25) is 15.2 Å². The van der Waals surface area contributed by atoms with Crippen LogP contribution in [0.1, 0.15) is 45.4 Å². The average Bonchev–Trinajstić information content (AvgIpc) is 3.15. The van der Waals surface area contributed by atoms with E-state index in [1.807, 2.05) is 20.8 Å². The van der Waals surface area contributed by atoms with E-state index in [1.54, 1.807) is 11.8 Å². The van der Waals surface area contributed by atoms with Crippen molar-refractivity contribution < 1.29 is 9.53 Å². The highest BCUT2D eigenvalue weighted by Crippen LogP contribution is 2.26. The van der Waals surface area contributed by atoms with E-state index in [2.05, 4.69) is 20.5 Å². The van der Waals surface area contributed by atoms with Gasteiger partial charge in [0.15, 0.2) is 0 Å². The van der Waals surface area contributed by atoms with Gasteiger partial charge in [-0.2, -0.15) is 0 Å². The minimum atomic E-state index is -0.577. The number of aryl methyl sites for hydroxylation is 1. The predicted octanol–water partition coefficient (Wildman–Crippen LogP) is 2.06. The Hall–Kier alpha value is -1.08. The summed E-state index contributed by atoms with van der Waals surface area (Å²) in [5, 5.41) is 11.1. The quantitative estimate of drug-likeness (QED) is 0.413. The van der Waals surface area contributed by atoms with Crippen molar-refractivity contribution in [2.75, 3.05) is 12.4 Å². The number of nitrogens with one attached hydrogen (secondary N) is 2. The van der Waals surface area contributed by atoms with Gasteiger partial charge in [0.2, 0.25) is 5.16 Å². The molecule has 0 spiro atoms. The minimum absolute atomic E-state index is 0.143. The van der Waals surface area contributed by atoms with E-state index in [-0.39, 0.29) is 5.97 Å². The van der Waals surface area contributed by atoms with Gasteiger partial charge in [-0.15, -0.1) is 5.10 Å². The lowest BCUT2D eigenvalue weighted by molar-refractivity contribution is -0.151. The monoisotopic (exact) mass is 312 g/mol. The number of carbonyl (C=O) groups is 1. The third-order valence-electron chi connectivity index (χ3n) is 3.45. The van der Waals surface area contributed by atoms with Crippen LogP contribution in [0.2, 0.25) is 0 Å². The lowest BCUT2D eigenvalue weighted by Gasteiger charge is -2.28. The van der Waals surface area contributed by atoms with Gasteiger partial charge in [0.05, 0.1) is 6.61 Å². The summed E-state index contributed by atoms with van der Waals surface area (Å²) in [4.78, 5) is 16.4. The first kappa shape index (κ1) is 16.3. The molecule has 118 valence electrons. The highest BCUT2D eigenvalue weighted by Gasteiger charge is 2.39. The standard InChI is InChI=1S/C14H24N4O2S/c1-4-20-12(19)14(3,16-11-6-7-11)8-5-9-21-13-15-10(2)17-18-13/h11,16H,4-9H2,1-3H3,(H,15,17,18). The predicted molar refractivity (Wildman–Crippen MR) is 82.3 cm³/mol. The number of esters is 1. The van der Waals surface area contributed by atoms with E-state index < -0.39 is 5.54 Å². The Bertz CT molecular complexity index is 475. The summed E-state index contributed by atoms with van der Waals surface area (Å²) < 4.78 is 5.22. The van der Waals surface area contributed by atoms with Gasteiger partial charge < -0.3 is 4.74 Å². The Kier molecular flexibility index (Phi) is 5.64. The van der Waals surface area contributed by atoms with E-state index in [4.69, 9.17) is 4.74 Å². The van der Waals surface area contributed by atoms with Crippen LogP contribution in [-0.2, 0) is 9.53 Å². The molecular weight excluding hydrogens is 288 g/mol. The molecule has 1 fully saturated rings. The van der Waals surface area contributed by atoms with Gasteiger partial charge in [0, 0.05) is 11.8 Å². The third-order valence-corrected chi connectivity index (χ3v) is 4.39. The van der Waals surface area contributed by atoms with E-state index >= 15 is 0 Å². The Morgan fingerprint density at radius 3 is 2.90 bits per heavy atom. The maximum absolute atomic E-state index is 12.2. The SMILES string of the molecule is CCOC(=O)C(C)(CCCSc1n[nH]c(C)n1)NC1CC1.